The van der Waals surface area contributed by atoms with Gasteiger partial charge in [-0.05, 0) is 35.9 Å². The minimum Gasteiger partial charge on any atom is -0.506 e. The van der Waals surface area contributed by atoms with Gasteiger partial charge in [0.2, 0.25) is 0 Å². The molecule has 0 saturated heterocycles. The number of benzene rings is 2. The molecule has 22 heavy (non-hydrogen) atoms. The quantitative estimate of drug-likeness (QED) is 0.633. The van der Waals surface area contributed by atoms with Gasteiger partial charge in [-0.15, -0.1) is 0 Å². The number of ketones is 1. The molecule has 2 N–H and O–H groups in total. The van der Waals surface area contributed by atoms with Crippen molar-refractivity contribution in [1.29, 1.82) is 0 Å². The summed E-state index contributed by atoms with van der Waals surface area (Å²) in [5.41, 5.74) is 0.970. The van der Waals surface area contributed by atoms with Gasteiger partial charge in [0, 0.05) is 0 Å². The van der Waals surface area contributed by atoms with Crippen LogP contribution in [0.2, 0.25) is 5.02 Å². The van der Waals surface area contributed by atoms with Crippen LogP contribution in [-0.4, -0.2) is 29.2 Å². The van der Waals surface area contributed by atoms with Gasteiger partial charge in [-0.1, -0.05) is 35.9 Å². The standard InChI is InChI=1S/C17H15ClO4/c18-15-3-1-2-14(17(15)21)16(20)9-6-12-4-7-13(8-5-12)22-11-10-19/h1-9,19,21H,10-11H2/b9-6+. The number of ether oxygens (including phenoxy) is 1. The molecule has 0 spiro atoms. The van der Waals surface area contributed by atoms with E-state index in [9.17, 15) is 9.90 Å². The van der Waals surface area contributed by atoms with Crippen molar-refractivity contribution in [1.82, 2.24) is 0 Å². The average Bonchev–Trinajstić information content (AvgIpc) is 2.54. The first-order valence-electron chi connectivity index (χ1n) is 6.65. The lowest BCUT2D eigenvalue weighted by Crippen LogP contribution is -2.01. The van der Waals surface area contributed by atoms with E-state index in [4.69, 9.17) is 21.4 Å². The predicted molar refractivity (Wildman–Crippen MR) is 85.5 cm³/mol. The molecule has 0 aromatic heterocycles. The van der Waals surface area contributed by atoms with Crippen molar-refractivity contribution in [2.24, 2.45) is 0 Å². The number of hydrogen-bond acceptors (Lipinski definition) is 4. The van der Waals surface area contributed by atoms with E-state index in [1.54, 1.807) is 36.4 Å². The molecule has 0 heterocycles. The van der Waals surface area contributed by atoms with Gasteiger partial charge in [-0.3, -0.25) is 4.79 Å². The number of allylic oxidation sites excluding steroid dienone is 1. The third kappa shape index (κ3) is 4.10. The number of phenolic OH excluding ortho intramolecular Hbond substituents is 1. The summed E-state index contributed by atoms with van der Waals surface area (Å²) in [7, 11) is 0. The number of carbonyl (C=O) groups is 1. The Bertz CT molecular complexity index is 678. The Morgan fingerprint density at radius 2 is 1.91 bits per heavy atom. The van der Waals surface area contributed by atoms with Gasteiger partial charge in [0.25, 0.3) is 0 Å². The van der Waals surface area contributed by atoms with Gasteiger partial charge in [-0.2, -0.15) is 0 Å². The molecule has 0 amide bonds. The summed E-state index contributed by atoms with van der Waals surface area (Å²) in [6.07, 6.45) is 3.01. The Kier molecular flexibility index (Phi) is 5.58. The second kappa shape index (κ2) is 7.64. The maximum absolute atomic E-state index is 12.0. The van der Waals surface area contributed by atoms with E-state index in [-0.39, 0.29) is 35.3 Å². The maximum atomic E-state index is 12.0. The summed E-state index contributed by atoms with van der Waals surface area (Å²) in [6, 6.07) is 11.7. The van der Waals surface area contributed by atoms with E-state index in [2.05, 4.69) is 0 Å². The molecule has 4 nitrogen and oxygen atoms in total. The fourth-order valence-electron chi connectivity index (χ4n) is 1.81. The highest BCUT2D eigenvalue weighted by molar-refractivity contribution is 6.32. The molecule has 0 aliphatic carbocycles. The lowest BCUT2D eigenvalue weighted by Gasteiger charge is -2.04. The van der Waals surface area contributed by atoms with Crippen LogP contribution in [0.5, 0.6) is 11.5 Å². The zero-order chi connectivity index (χ0) is 15.9. The monoisotopic (exact) mass is 318 g/mol. The predicted octanol–water partition coefficient (Wildman–Crippen LogP) is 3.31. The molecule has 0 aliphatic rings. The molecule has 0 atom stereocenters. The summed E-state index contributed by atoms with van der Waals surface area (Å²) in [5.74, 6) is 0.0946. The highest BCUT2D eigenvalue weighted by Gasteiger charge is 2.10. The van der Waals surface area contributed by atoms with E-state index in [0.29, 0.717) is 5.75 Å². The lowest BCUT2D eigenvalue weighted by molar-refractivity contribution is 0.104. The van der Waals surface area contributed by atoms with Gasteiger partial charge < -0.3 is 14.9 Å². The molecule has 2 aromatic rings. The summed E-state index contributed by atoms with van der Waals surface area (Å²) < 4.78 is 5.25. The highest BCUT2D eigenvalue weighted by atomic mass is 35.5. The van der Waals surface area contributed by atoms with Crippen LogP contribution >= 0.6 is 11.6 Å². The van der Waals surface area contributed by atoms with Crippen LogP contribution < -0.4 is 4.74 Å². The van der Waals surface area contributed by atoms with E-state index in [0.717, 1.165) is 5.56 Å². The fraction of sp³-hybridized carbons (Fsp3) is 0.118. The normalized spacial score (nSPS) is 10.8. The largest absolute Gasteiger partial charge is 0.506 e. The van der Waals surface area contributed by atoms with Gasteiger partial charge in [0.1, 0.15) is 18.1 Å². The van der Waals surface area contributed by atoms with Crippen LogP contribution in [0.4, 0.5) is 0 Å². The second-order valence-corrected chi connectivity index (χ2v) is 4.88. The number of phenols is 1. The topological polar surface area (TPSA) is 66.8 Å². The minimum absolute atomic E-state index is 0.0424. The van der Waals surface area contributed by atoms with Crippen molar-refractivity contribution in [2.45, 2.75) is 0 Å². The number of aromatic hydroxyl groups is 1. The Morgan fingerprint density at radius 1 is 1.18 bits per heavy atom. The summed E-state index contributed by atoms with van der Waals surface area (Å²) >= 11 is 5.78. The number of aliphatic hydroxyl groups excluding tert-OH is 1. The number of para-hydroxylation sites is 1. The number of hydrogen-bond donors (Lipinski definition) is 2. The SMILES string of the molecule is O=C(/C=C/c1ccc(OCCO)cc1)c1cccc(Cl)c1O. The third-order valence-electron chi connectivity index (χ3n) is 2.92. The third-order valence-corrected chi connectivity index (χ3v) is 3.22. The lowest BCUT2D eigenvalue weighted by atomic mass is 10.1. The molecule has 0 aliphatic heterocycles. The van der Waals surface area contributed by atoms with Crippen LogP contribution in [0, 0.1) is 0 Å². The molecule has 5 heteroatoms. The smallest absolute Gasteiger partial charge is 0.189 e. The van der Waals surface area contributed by atoms with Crippen molar-refractivity contribution < 1.29 is 19.7 Å². The molecule has 114 valence electrons. The summed E-state index contributed by atoms with van der Waals surface area (Å²) in [6.45, 7) is 0.195. The van der Waals surface area contributed by atoms with E-state index < -0.39 is 0 Å². The van der Waals surface area contributed by atoms with Crippen molar-refractivity contribution in [2.75, 3.05) is 13.2 Å². The molecule has 2 aromatic carbocycles. The molecule has 0 unspecified atom stereocenters. The van der Waals surface area contributed by atoms with Crippen molar-refractivity contribution >= 4 is 23.5 Å². The van der Waals surface area contributed by atoms with E-state index in [1.807, 2.05) is 0 Å². The Hall–Kier alpha value is -2.30. The molecule has 0 saturated carbocycles. The van der Waals surface area contributed by atoms with Crippen molar-refractivity contribution in [3.05, 3.63) is 64.7 Å². The first kappa shape index (κ1) is 16.1. The fourth-order valence-corrected chi connectivity index (χ4v) is 1.99. The van der Waals surface area contributed by atoms with Gasteiger partial charge >= 0.3 is 0 Å². The Morgan fingerprint density at radius 3 is 2.59 bits per heavy atom. The van der Waals surface area contributed by atoms with Crippen LogP contribution in [0.1, 0.15) is 15.9 Å². The van der Waals surface area contributed by atoms with Crippen molar-refractivity contribution in [3.8, 4) is 11.5 Å². The molecule has 0 bridgehead atoms. The van der Waals surface area contributed by atoms with Crippen LogP contribution in [0.25, 0.3) is 6.08 Å². The van der Waals surface area contributed by atoms with Crippen LogP contribution in [0.15, 0.2) is 48.5 Å². The summed E-state index contributed by atoms with van der Waals surface area (Å²) in [4.78, 5) is 12.0. The van der Waals surface area contributed by atoms with Gasteiger partial charge in [-0.25, -0.2) is 0 Å². The number of rotatable bonds is 6. The maximum Gasteiger partial charge on any atom is 0.189 e. The Labute approximate surface area is 133 Å². The average molecular weight is 319 g/mol. The van der Waals surface area contributed by atoms with Gasteiger partial charge in [0.05, 0.1) is 17.2 Å². The number of halogens is 1. The molecular weight excluding hydrogens is 304 g/mol. The van der Waals surface area contributed by atoms with Crippen LogP contribution in [-0.2, 0) is 0 Å². The van der Waals surface area contributed by atoms with Gasteiger partial charge in [0.15, 0.2) is 5.78 Å². The molecule has 0 radical (unpaired) electrons. The first-order chi connectivity index (χ1) is 10.6. The molecular formula is C17H15ClO4. The van der Waals surface area contributed by atoms with E-state index in [1.165, 1.54) is 18.2 Å². The van der Waals surface area contributed by atoms with Crippen molar-refractivity contribution in [3.63, 3.8) is 0 Å². The number of carbonyl (C=O) groups excluding carboxylic acids is 1. The van der Waals surface area contributed by atoms with Crippen LogP contribution in [0.3, 0.4) is 0 Å². The summed E-state index contributed by atoms with van der Waals surface area (Å²) in [5, 5.41) is 18.6. The number of aliphatic hydroxyl groups is 1. The Balaban J connectivity index is 2.08. The zero-order valence-electron chi connectivity index (χ0n) is 11.7. The first-order valence-corrected chi connectivity index (χ1v) is 7.03. The minimum atomic E-state index is -0.333. The van der Waals surface area contributed by atoms with E-state index >= 15 is 0 Å². The zero-order valence-corrected chi connectivity index (χ0v) is 12.5. The highest BCUT2D eigenvalue weighted by Crippen LogP contribution is 2.27. The second-order valence-electron chi connectivity index (χ2n) is 4.47. The molecule has 2 rings (SSSR count). The molecule has 0 fully saturated rings.